The molecule has 0 spiro atoms. The van der Waals surface area contributed by atoms with E-state index >= 15 is 0 Å². The van der Waals surface area contributed by atoms with Crippen molar-refractivity contribution < 1.29 is 23.6 Å². The first-order valence-corrected chi connectivity index (χ1v) is 8.94. The Morgan fingerprint density at radius 3 is 2.59 bits per heavy atom. The highest BCUT2D eigenvalue weighted by molar-refractivity contribution is 5.99. The van der Waals surface area contributed by atoms with Crippen LogP contribution in [0.25, 0.3) is 11.3 Å². The number of piperidine rings is 1. The van der Waals surface area contributed by atoms with E-state index in [-0.39, 0.29) is 18.0 Å². The van der Waals surface area contributed by atoms with E-state index in [0.29, 0.717) is 43.9 Å². The summed E-state index contributed by atoms with van der Waals surface area (Å²) < 4.78 is 15.4. The Balaban J connectivity index is 1.61. The molecule has 0 saturated carbocycles. The topological polar surface area (TPSA) is 93.9 Å². The molecular formula is C19H23N3O5. The second kappa shape index (κ2) is 8.57. The SMILES string of the molecule is CCOC(=O)N1CCC(NC(=O)c2cnoc2-c2ccc(OC)cc2)CC1. The zero-order valence-corrected chi connectivity index (χ0v) is 15.4. The van der Waals surface area contributed by atoms with Crippen LogP contribution < -0.4 is 10.1 Å². The monoisotopic (exact) mass is 373 g/mol. The molecule has 1 aliphatic rings. The summed E-state index contributed by atoms with van der Waals surface area (Å²) in [6.45, 7) is 3.25. The molecule has 0 aliphatic carbocycles. The highest BCUT2D eigenvalue weighted by atomic mass is 16.6. The Bertz CT molecular complexity index is 779. The third-order valence-electron chi connectivity index (χ3n) is 4.52. The number of hydrogen-bond acceptors (Lipinski definition) is 6. The third kappa shape index (κ3) is 4.39. The molecule has 3 rings (SSSR count). The number of carbonyl (C=O) groups is 2. The molecule has 1 aromatic heterocycles. The van der Waals surface area contributed by atoms with Gasteiger partial charge in [0.25, 0.3) is 5.91 Å². The van der Waals surface area contributed by atoms with Gasteiger partial charge >= 0.3 is 6.09 Å². The average Bonchev–Trinajstić information content (AvgIpc) is 3.19. The van der Waals surface area contributed by atoms with Crippen LogP contribution in [0.1, 0.15) is 30.1 Å². The van der Waals surface area contributed by atoms with E-state index in [1.807, 2.05) is 12.1 Å². The predicted octanol–water partition coefficient (Wildman–Crippen LogP) is 2.70. The maximum absolute atomic E-state index is 12.7. The summed E-state index contributed by atoms with van der Waals surface area (Å²) in [5, 5.41) is 6.78. The van der Waals surface area contributed by atoms with Gasteiger partial charge in [-0.15, -0.1) is 0 Å². The van der Waals surface area contributed by atoms with Crippen LogP contribution in [-0.2, 0) is 4.74 Å². The fourth-order valence-corrected chi connectivity index (χ4v) is 3.04. The molecule has 1 aliphatic heterocycles. The van der Waals surface area contributed by atoms with E-state index in [1.54, 1.807) is 31.1 Å². The summed E-state index contributed by atoms with van der Waals surface area (Å²) in [5.41, 5.74) is 1.13. The van der Waals surface area contributed by atoms with Crippen LogP contribution in [0, 0.1) is 0 Å². The van der Waals surface area contributed by atoms with Crippen LogP contribution in [0.5, 0.6) is 5.75 Å². The highest BCUT2D eigenvalue weighted by Gasteiger charge is 2.26. The van der Waals surface area contributed by atoms with Gasteiger partial charge in [-0.05, 0) is 44.0 Å². The normalized spacial score (nSPS) is 14.7. The molecule has 144 valence electrons. The van der Waals surface area contributed by atoms with Gasteiger partial charge in [0.1, 0.15) is 11.3 Å². The number of likely N-dealkylation sites (tertiary alicyclic amines) is 1. The summed E-state index contributed by atoms with van der Waals surface area (Å²) in [6, 6.07) is 7.21. The van der Waals surface area contributed by atoms with Crippen LogP contribution in [0.2, 0.25) is 0 Å². The molecule has 1 aromatic carbocycles. The minimum atomic E-state index is -0.303. The molecule has 0 bridgehead atoms. The van der Waals surface area contributed by atoms with Crippen molar-refractivity contribution in [2.75, 3.05) is 26.8 Å². The van der Waals surface area contributed by atoms with Crippen molar-refractivity contribution in [2.45, 2.75) is 25.8 Å². The van der Waals surface area contributed by atoms with Gasteiger partial charge in [-0.3, -0.25) is 4.79 Å². The molecule has 8 nitrogen and oxygen atoms in total. The Labute approximate surface area is 157 Å². The summed E-state index contributed by atoms with van der Waals surface area (Å²) in [5.74, 6) is 0.897. The van der Waals surface area contributed by atoms with Gasteiger partial charge in [0.15, 0.2) is 5.76 Å². The van der Waals surface area contributed by atoms with Crippen molar-refractivity contribution >= 4 is 12.0 Å². The minimum absolute atomic E-state index is 0.0122. The largest absolute Gasteiger partial charge is 0.497 e. The van der Waals surface area contributed by atoms with Gasteiger partial charge in [0.05, 0.1) is 19.9 Å². The first kappa shape index (κ1) is 18.8. The van der Waals surface area contributed by atoms with Gasteiger partial charge in [-0.25, -0.2) is 4.79 Å². The number of methoxy groups -OCH3 is 1. The fraction of sp³-hybridized carbons (Fsp3) is 0.421. The van der Waals surface area contributed by atoms with Gasteiger partial charge in [-0.1, -0.05) is 5.16 Å². The molecule has 1 fully saturated rings. The molecule has 2 amide bonds. The zero-order valence-electron chi connectivity index (χ0n) is 15.4. The van der Waals surface area contributed by atoms with Gasteiger partial charge < -0.3 is 24.2 Å². The van der Waals surface area contributed by atoms with Crippen LogP contribution >= 0.6 is 0 Å². The van der Waals surface area contributed by atoms with Gasteiger partial charge in [-0.2, -0.15) is 0 Å². The number of nitrogens with one attached hydrogen (secondary N) is 1. The van der Waals surface area contributed by atoms with Gasteiger partial charge in [0.2, 0.25) is 0 Å². The highest BCUT2D eigenvalue weighted by Crippen LogP contribution is 2.26. The molecule has 8 heteroatoms. The number of rotatable bonds is 5. The number of amides is 2. The zero-order chi connectivity index (χ0) is 19.2. The number of aromatic nitrogens is 1. The van der Waals surface area contributed by atoms with Gasteiger partial charge in [0, 0.05) is 24.7 Å². The first-order chi connectivity index (χ1) is 13.1. The van der Waals surface area contributed by atoms with Crippen molar-refractivity contribution in [1.82, 2.24) is 15.4 Å². The smallest absolute Gasteiger partial charge is 0.409 e. The average molecular weight is 373 g/mol. The molecular weight excluding hydrogens is 350 g/mol. The number of nitrogens with zero attached hydrogens (tertiary/aromatic N) is 2. The van der Waals surface area contributed by atoms with Crippen LogP contribution in [0.3, 0.4) is 0 Å². The number of ether oxygens (including phenoxy) is 2. The molecule has 0 unspecified atom stereocenters. The molecule has 0 atom stereocenters. The van der Waals surface area contributed by atoms with E-state index in [1.165, 1.54) is 6.20 Å². The van der Waals surface area contributed by atoms with Crippen LogP contribution in [0.15, 0.2) is 35.0 Å². The maximum Gasteiger partial charge on any atom is 0.409 e. The van der Waals surface area contributed by atoms with Crippen molar-refractivity contribution in [3.63, 3.8) is 0 Å². The molecule has 27 heavy (non-hydrogen) atoms. The number of benzene rings is 1. The summed E-state index contributed by atoms with van der Waals surface area (Å²) >= 11 is 0. The van der Waals surface area contributed by atoms with Crippen molar-refractivity contribution in [1.29, 1.82) is 0 Å². The first-order valence-electron chi connectivity index (χ1n) is 8.94. The lowest BCUT2D eigenvalue weighted by Crippen LogP contribution is -2.46. The molecule has 2 heterocycles. The Morgan fingerprint density at radius 2 is 1.96 bits per heavy atom. The van der Waals surface area contributed by atoms with Crippen molar-refractivity contribution in [3.05, 3.63) is 36.0 Å². The summed E-state index contributed by atoms with van der Waals surface area (Å²) in [6.07, 6.45) is 2.47. The summed E-state index contributed by atoms with van der Waals surface area (Å²) in [7, 11) is 1.59. The molecule has 1 saturated heterocycles. The lowest BCUT2D eigenvalue weighted by Gasteiger charge is -2.31. The van der Waals surface area contributed by atoms with E-state index in [9.17, 15) is 9.59 Å². The third-order valence-corrected chi connectivity index (χ3v) is 4.52. The molecule has 0 radical (unpaired) electrons. The van der Waals surface area contributed by atoms with Crippen LogP contribution in [0.4, 0.5) is 4.79 Å². The lowest BCUT2D eigenvalue weighted by atomic mass is 10.0. The second-order valence-corrected chi connectivity index (χ2v) is 6.23. The summed E-state index contributed by atoms with van der Waals surface area (Å²) in [4.78, 5) is 26.1. The van der Waals surface area contributed by atoms with E-state index in [0.717, 1.165) is 11.3 Å². The molecule has 2 aromatic rings. The number of hydrogen-bond donors (Lipinski definition) is 1. The Morgan fingerprint density at radius 1 is 1.26 bits per heavy atom. The predicted molar refractivity (Wildman–Crippen MR) is 97.6 cm³/mol. The maximum atomic E-state index is 12.7. The van der Waals surface area contributed by atoms with Crippen LogP contribution in [-0.4, -0.2) is 54.9 Å². The van der Waals surface area contributed by atoms with Crippen molar-refractivity contribution in [2.24, 2.45) is 0 Å². The fourth-order valence-electron chi connectivity index (χ4n) is 3.04. The quantitative estimate of drug-likeness (QED) is 0.866. The standard InChI is InChI=1S/C19H23N3O5/c1-3-26-19(24)22-10-8-14(9-11-22)21-18(23)16-12-20-27-17(16)13-4-6-15(25-2)7-5-13/h4-7,12,14H,3,8-11H2,1-2H3,(H,21,23). The Hall–Kier alpha value is -3.03. The van der Waals surface area contributed by atoms with E-state index in [2.05, 4.69) is 10.5 Å². The molecule has 1 N–H and O–H groups in total. The number of carbonyl (C=O) groups excluding carboxylic acids is 2. The lowest BCUT2D eigenvalue weighted by molar-refractivity contribution is 0.0860. The Kier molecular flexibility index (Phi) is 5.95. The van der Waals surface area contributed by atoms with E-state index in [4.69, 9.17) is 14.0 Å². The minimum Gasteiger partial charge on any atom is -0.497 e. The second-order valence-electron chi connectivity index (χ2n) is 6.23. The van der Waals surface area contributed by atoms with Crippen molar-refractivity contribution in [3.8, 4) is 17.1 Å². The van der Waals surface area contributed by atoms with E-state index < -0.39 is 0 Å².